The smallest absolute Gasteiger partial charge is 0.255 e. The number of phenolic OH excluding ortho intramolecular Hbond substituents is 1. The number of benzene rings is 3. The molecule has 0 saturated heterocycles. The molecule has 0 bridgehead atoms. The van der Waals surface area contributed by atoms with E-state index >= 15 is 0 Å². The summed E-state index contributed by atoms with van der Waals surface area (Å²) in [6, 6.07) is 19.3. The molecule has 0 spiro atoms. The normalized spacial score (nSPS) is 11.8. The molecular weight excluding hydrogens is 438 g/mol. The SMILES string of the molecule is Cc1cc(C)c(S(=O)(=O)N(CC(=O)N/N=C\c2ccccc2O)Cc2ccccc2)c(C)c1. The summed E-state index contributed by atoms with van der Waals surface area (Å²) in [6.45, 7) is 5.04. The number of hydrogen-bond donors (Lipinski definition) is 2. The fourth-order valence-electron chi connectivity index (χ4n) is 3.68. The number of rotatable bonds is 8. The Hall–Kier alpha value is -3.49. The van der Waals surface area contributed by atoms with Crippen LogP contribution in [0.15, 0.2) is 76.7 Å². The van der Waals surface area contributed by atoms with Crippen LogP contribution >= 0.6 is 0 Å². The van der Waals surface area contributed by atoms with Gasteiger partial charge in [0.1, 0.15) is 5.75 Å². The monoisotopic (exact) mass is 465 g/mol. The molecule has 0 unspecified atom stereocenters. The van der Waals surface area contributed by atoms with Gasteiger partial charge in [-0.15, -0.1) is 0 Å². The van der Waals surface area contributed by atoms with Gasteiger partial charge in [-0.05, 0) is 49.6 Å². The highest BCUT2D eigenvalue weighted by Gasteiger charge is 2.29. The highest BCUT2D eigenvalue weighted by atomic mass is 32.2. The summed E-state index contributed by atoms with van der Waals surface area (Å²) in [5.41, 5.74) is 5.76. The first-order valence-electron chi connectivity index (χ1n) is 10.4. The number of para-hydroxylation sites is 1. The molecule has 0 heterocycles. The van der Waals surface area contributed by atoms with Crippen LogP contribution in [-0.4, -0.2) is 36.5 Å². The van der Waals surface area contributed by atoms with Gasteiger partial charge in [0.25, 0.3) is 5.91 Å². The molecule has 0 radical (unpaired) electrons. The summed E-state index contributed by atoms with van der Waals surface area (Å²) in [4.78, 5) is 12.8. The average molecular weight is 466 g/mol. The molecule has 33 heavy (non-hydrogen) atoms. The van der Waals surface area contributed by atoms with Crippen molar-refractivity contribution in [1.82, 2.24) is 9.73 Å². The van der Waals surface area contributed by atoms with Gasteiger partial charge in [0.05, 0.1) is 17.7 Å². The van der Waals surface area contributed by atoms with E-state index in [1.165, 1.54) is 12.3 Å². The third-order valence-electron chi connectivity index (χ3n) is 5.05. The van der Waals surface area contributed by atoms with E-state index in [1.54, 1.807) is 32.0 Å². The van der Waals surface area contributed by atoms with Gasteiger partial charge in [0.2, 0.25) is 10.0 Å². The largest absolute Gasteiger partial charge is 0.507 e. The number of aryl methyl sites for hydroxylation is 3. The topological polar surface area (TPSA) is 99.1 Å². The lowest BCUT2D eigenvalue weighted by atomic mass is 10.1. The summed E-state index contributed by atoms with van der Waals surface area (Å²) in [5, 5.41) is 13.7. The maximum atomic E-state index is 13.6. The van der Waals surface area contributed by atoms with Crippen LogP contribution in [0.4, 0.5) is 0 Å². The van der Waals surface area contributed by atoms with E-state index in [0.29, 0.717) is 16.7 Å². The molecule has 172 valence electrons. The molecule has 3 aromatic rings. The Morgan fingerprint density at radius 3 is 2.24 bits per heavy atom. The molecule has 0 fully saturated rings. The molecule has 3 aromatic carbocycles. The highest BCUT2D eigenvalue weighted by molar-refractivity contribution is 7.89. The van der Waals surface area contributed by atoms with Crippen molar-refractivity contribution in [1.29, 1.82) is 0 Å². The van der Waals surface area contributed by atoms with Crippen LogP contribution in [0.1, 0.15) is 27.8 Å². The Morgan fingerprint density at radius 2 is 1.61 bits per heavy atom. The zero-order chi connectivity index (χ0) is 24.0. The van der Waals surface area contributed by atoms with E-state index in [0.717, 1.165) is 15.4 Å². The van der Waals surface area contributed by atoms with Crippen LogP contribution in [0.3, 0.4) is 0 Å². The van der Waals surface area contributed by atoms with Crippen LogP contribution in [0.25, 0.3) is 0 Å². The van der Waals surface area contributed by atoms with Gasteiger partial charge in [0.15, 0.2) is 0 Å². The van der Waals surface area contributed by atoms with Crippen molar-refractivity contribution in [2.45, 2.75) is 32.2 Å². The Labute approximate surface area is 194 Å². The van der Waals surface area contributed by atoms with Gasteiger partial charge in [0, 0.05) is 12.1 Å². The molecular formula is C25H27N3O4S. The number of nitrogens with zero attached hydrogens (tertiary/aromatic N) is 2. The molecule has 7 nitrogen and oxygen atoms in total. The van der Waals surface area contributed by atoms with Crippen molar-refractivity contribution in [2.75, 3.05) is 6.54 Å². The molecule has 8 heteroatoms. The number of amides is 1. The molecule has 0 saturated carbocycles. The summed E-state index contributed by atoms with van der Waals surface area (Å²) < 4.78 is 28.4. The number of aromatic hydroxyl groups is 1. The van der Waals surface area contributed by atoms with Gasteiger partial charge in [-0.2, -0.15) is 9.41 Å². The quantitative estimate of drug-likeness (QED) is 0.392. The van der Waals surface area contributed by atoms with Crippen molar-refractivity contribution in [3.05, 3.63) is 94.5 Å². The predicted octanol–water partition coefficient (Wildman–Crippen LogP) is 3.66. The number of carbonyl (C=O) groups excluding carboxylic acids is 1. The molecule has 3 rings (SSSR count). The van der Waals surface area contributed by atoms with Gasteiger partial charge in [-0.3, -0.25) is 4.79 Å². The second-order valence-electron chi connectivity index (χ2n) is 7.84. The van der Waals surface area contributed by atoms with E-state index in [9.17, 15) is 18.3 Å². The fraction of sp³-hybridized carbons (Fsp3) is 0.200. The number of hydrogen-bond acceptors (Lipinski definition) is 5. The predicted molar refractivity (Wildman–Crippen MR) is 129 cm³/mol. The molecule has 2 N–H and O–H groups in total. The van der Waals surface area contributed by atoms with Gasteiger partial charge < -0.3 is 5.11 Å². The molecule has 1 amide bonds. The Kier molecular flexibility index (Phi) is 7.63. The first-order valence-corrected chi connectivity index (χ1v) is 11.8. The van der Waals surface area contributed by atoms with E-state index in [2.05, 4.69) is 10.5 Å². The average Bonchev–Trinajstić information content (AvgIpc) is 2.74. The van der Waals surface area contributed by atoms with Crippen LogP contribution in [0, 0.1) is 20.8 Å². The Bertz CT molecular complexity index is 1250. The second kappa shape index (κ2) is 10.4. The second-order valence-corrected chi connectivity index (χ2v) is 9.71. The third kappa shape index (κ3) is 6.06. The minimum absolute atomic E-state index is 0.0223. The van der Waals surface area contributed by atoms with E-state index in [1.807, 2.05) is 49.4 Å². The summed E-state index contributed by atoms with van der Waals surface area (Å²) >= 11 is 0. The molecule has 0 aliphatic rings. The zero-order valence-corrected chi connectivity index (χ0v) is 19.6. The summed E-state index contributed by atoms with van der Waals surface area (Å²) in [6.07, 6.45) is 1.30. The van der Waals surface area contributed by atoms with Gasteiger partial charge in [-0.25, -0.2) is 13.8 Å². The standard InChI is InChI=1S/C25H27N3O4S/c1-18-13-19(2)25(20(3)14-18)33(31,32)28(16-21-9-5-4-6-10-21)17-24(30)27-26-15-22-11-7-8-12-23(22)29/h4-15,29H,16-17H2,1-3H3,(H,27,30)/b26-15-. The fourth-order valence-corrected chi connectivity index (χ4v) is 5.48. The maximum Gasteiger partial charge on any atom is 0.255 e. The highest BCUT2D eigenvalue weighted by Crippen LogP contribution is 2.26. The number of carbonyl (C=O) groups is 1. The van der Waals surface area contributed by atoms with Crippen molar-refractivity contribution in [3.63, 3.8) is 0 Å². The lowest BCUT2D eigenvalue weighted by molar-refractivity contribution is -0.121. The number of phenols is 1. The Balaban J connectivity index is 1.87. The lowest BCUT2D eigenvalue weighted by Gasteiger charge is -2.24. The van der Waals surface area contributed by atoms with Gasteiger partial charge in [-0.1, -0.05) is 60.2 Å². The lowest BCUT2D eigenvalue weighted by Crippen LogP contribution is -2.39. The van der Waals surface area contributed by atoms with Crippen molar-refractivity contribution < 1.29 is 18.3 Å². The van der Waals surface area contributed by atoms with Crippen molar-refractivity contribution >= 4 is 22.1 Å². The molecule has 0 atom stereocenters. The van der Waals surface area contributed by atoms with Crippen LogP contribution in [0.5, 0.6) is 5.75 Å². The van der Waals surface area contributed by atoms with E-state index < -0.39 is 22.5 Å². The minimum atomic E-state index is -3.98. The summed E-state index contributed by atoms with van der Waals surface area (Å²) in [7, 11) is -3.98. The number of hydrazone groups is 1. The number of sulfonamides is 1. The van der Waals surface area contributed by atoms with E-state index in [-0.39, 0.29) is 17.2 Å². The van der Waals surface area contributed by atoms with Crippen molar-refractivity contribution in [2.24, 2.45) is 5.10 Å². The van der Waals surface area contributed by atoms with Gasteiger partial charge >= 0.3 is 0 Å². The van der Waals surface area contributed by atoms with E-state index in [4.69, 9.17) is 0 Å². The number of nitrogens with one attached hydrogen (secondary N) is 1. The zero-order valence-electron chi connectivity index (χ0n) is 18.8. The third-order valence-corrected chi connectivity index (χ3v) is 7.15. The molecule has 0 aliphatic carbocycles. The first-order chi connectivity index (χ1) is 15.7. The first kappa shape index (κ1) is 24.2. The van der Waals surface area contributed by atoms with Crippen LogP contribution in [-0.2, 0) is 21.4 Å². The molecule has 0 aliphatic heterocycles. The Morgan fingerprint density at radius 1 is 1.00 bits per heavy atom. The van der Waals surface area contributed by atoms with Crippen LogP contribution < -0.4 is 5.43 Å². The van der Waals surface area contributed by atoms with Crippen LogP contribution in [0.2, 0.25) is 0 Å². The summed E-state index contributed by atoms with van der Waals surface area (Å²) in [5.74, 6) is -0.572. The maximum absolute atomic E-state index is 13.6. The minimum Gasteiger partial charge on any atom is -0.507 e. The molecule has 0 aromatic heterocycles. The van der Waals surface area contributed by atoms with Crippen molar-refractivity contribution in [3.8, 4) is 5.75 Å².